The van der Waals surface area contributed by atoms with Crippen LogP contribution in [-0.2, 0) is 11.2 Å². The van der Waals surface area contributed by atoms with Crippen LogP contribution >= 0.6 is 0 Å². The van der Waals surface area contributed by atoms with Crippen molar-refractivity contribution in [2.75, 3.05) is 16.8 Å². The first-order chi connectivity index (χ1) is 10.8. The zero-order chi connectivity index (χ0) is 15.4. The van der Waals surface area contributed by atoms with E-state index in [9.17, 15) is 4.79 Å². The number of hydrogen-bond acceptors (Lipinski definition) is 3. The van der Waals surface area contributed by atoms with E-state index in [0.29, 0.717) is 12.2 Å². The lowest BCUT2D eigenvalue weighted by molar-refractivity contribution is -0.116. The molecule has 2 heterocycles. The van der Waals surface area contributed by atoms with Gasteiger partial charge in [0, 0.05) is 18.7 Å². The molecule has 22 heavy (non-hydrogen) atoms. The van der Waals surface area contributed by atoms with Crippen molar-refractivity contribution in [3.63, 3.8) is 0 Å². The zero-order valence-corrected chi connectivity index (χ0v) is 12.9. The van der Waals surface area contributed by atoms with Crippen molar-refractivity contribution in [2.24, 2.45) is 0 Å². The standard InChI is InChI=1S/C18H21N3O/c1-2-3-8-18(22)20-17-10-9-15(13-19-17)21-12-11-14-6-4-5-7-16(14)21/h4-7,9-10,13H,2-3,8,11-12H2,1H3,(H,19,20,22). The molecule has 0 saturated carbocycles. The second-order valence-corrected chi connectivity index (χ2v) is 5.58. The summed E-state index contributed by atoms with van der Waals surface area (Å²) in [6.45, 7) is 3.05. The van der Waals surface area contributed by atoms with Crippen LogP contribution in [0.2, 0.25) is 0 Å². The molecule has 0 atom stereocenters. The topological polar surface area (TPSA) is 45.2 Å². The number of para-hydroxylation sites is 1. The third-order valence-corrected chi connectivity index (χ3v) is 3.97. The molecule has 1 aliphatic rings. The molecule has 114 valence electrons. The molecule has 3 rings (SSSR count). The Labute approximate surface area is 131 Å². The number of nitrogens with zero attached hydrogens (tertiary/aromatic N) is 2. The van der Waals surface area contributed by atoms with Gasteiger partial charge in [-0.1, -0.05) is 31.5 Å². The van der Waals surface area contributed by atoms with Crippen molar-refractivity contribution in [1.82, 2.24) is 4.98 Å². The number of aromatic nitrogens is 1. The van der Waals surface area contributed by atoms with Gasteiger partial charge >= 0.3 is 0 Å². The van der Waals surface area contributed by atoms with Crippen LogP contribution in [0.25, 0.3) is 0 Å². The van der Waals surface area contributed by atoms with E-state index < -0.39 is 0 Å². The van der Waals surface area contributed by atoms with Crippen LogP contribution in [-0.4, -0.2) is 17.4 Å². The molecular weight excluding hydrogens is 274 g/mol. The Bertz CT molecular complexity index is 652. The highest BCUT2D eigenvalue weighted by Gasteiger charge is 2.19. The van der Waals surface area contributed by atoms with Crippen LogP contribution in [0, 0.1) is 0 Å². The molecule has 1 aliphatic heterocycles. The summed E-state index contributed by atoms with van der Waals surface area (Å²) < 4.78 is 0. The molecule has 4 heteroatoms. The summed E-state index contributed by atoms with van der Waals surface area (Å²) in [5.74, 6) is 0.658. The number of carbonyl (C=O) groups excluding carboxylic acids is 1. The minimum atomic E-state index is 0.0358. The van der Waals surface area contributed by atoms with E-state index in [4.69, 9.17) is 0 Å². The average Bonchev–Trinajstić information content (AvgIpc) is 2.98. The van der Waals surface area contributed by atoms with E-state index in [-0.39, 0.29) is 5.91 Å². The van der Waals surface area contributed by atoms with Crippen molar-refractivity contribution in [1.29, 1.82) is 0 Å². The average molecular weight is 295 g/mol. The van der Waals surface area contributed by atoms with E-state index in [1.54, 1.807) is 0 Å². The third-order valence-electron chi connectivity index (χ3n) is 3.97. The summed E-state index contributed by atoms with van der Waals surface area (Å²) in [6.07, 6.45) is 5.38. The van der Waals surface area contributed by atoms with Gasteiger partial charge in [-0.3, -0.25) is 4.79 Å². The first-order valence-electron chi connectivity index (χ1n) is 7.89. The Kier molecular flexibility index (Phi) is 4.37. The van der Waals surface area contributed by atoms with Crippen LogP contribution in [0.4, 0.5) is 17.2 Å². The molecule has 4 nitrogen and oxygen atoms in total. The molecular formula is C18H21N3O. The number of hydrogen-bond donors (Lipinski definition) is 1. The van der Waals surface area contributed by atoms with Crippen LogP contribution in [0.5, 0.6) is 0 Å². The lowest BCUT2D eigenvalue weighted by Gasteiger charge is -2.19. The van der Waals surface area contributed by atoms with Gasteiger partial charge in [-0.2, -0.15) is 0 Å². The normalized spacial score (nSPS) is 13.0. The van der Waals surface area contributed by atoms with Crippen molar-refractivity contribution in [2.45, 2.75) is 32.6 Å². The maximum absolute atomic E-state index is 11.7. The van der Waals surface area contributed by atoms with E-state index in [1.807, 2.05) is 18.3 Å². The Morgan fingerprint density at radius 3 is 2.91 bits per heavy atom. The summed E-state index contributed by atoms with van der Waals surface area (Å²) in [7, 11) is 0. The molecule has 0 saturated heterocycles. The number of pyridine rings is 1. The largest absolute Gasteiger partial charge is 0.340 e. The van der Waals surface area contributed by atoms with E-state index in [0.717, 1.165) is 31.5 Å². The number of unbranched alkanes of at least 4 members (excludes halogenated alkanes) is 1. The summed E-state index contributed by atoms with van der Waals surface area (Å²) >= 11 is 0. The highest BCUT2D eigenvalue weighted by molar-refractivity contribution is 5.89. The third kappa shape index (κ3) is 3.11. The highest BCUT2D eigenvalue weighted by atomic mass is 16.1. The fraction of sp³-hybridized carbons (Fsp3) is 0.333. The van der Waals surface area contributed by atoms with Crippen LogP contribution in [0.15, 0.2) is 42.6 Å². The molecule has 2 aromatic rings. The second kappa shape index (κ2) is 6.60. The molecule has 0 bridgehead atoms. The van der Waals surface area contributed by atoms with Crippen molar-refractivity contribution >= 4 is 23.1 Å². The number of fused-ring (bicyclic) bond motifs is 1. The molecule has 1 aromatic carbocycles. The first-order valence-corrected chi connectivity index (χ1v) is 7.89. The SMILES string of the molecule is CCCCC(=O)Nc1ccc(N2CCc3ccccc32)cn1. The number of amides is 1. The summed E-state index contributed by atoms with van der Waals surface area (Å²) in [4.78, 5) is 18.4. The predicted octanol–water partition coefficient (Wildman–Crippen LogP) is 3.90. The zero-order valence-electron chi connectivity index (χ0n) is 12.9. The molecule has 1 amide bonds. The van der Waals surface area contributed by atoms with Gasteiger partial charge < -0.3 is 10.2 Å². The van der Waals surface area contributed by atoms with Crippen LogP contribution < -0.4 is 10.2 Å². The number of anilines is 3. The van der Waals surface area contributed by atoms with Gasteiger partial charge in [-0.25, -0.2) is 4.98 Å². The molecule has 0 aliphatic carbocycles. The second-order valence-electron chi connectivity index (χ2n) is 5.58. The van der Waals surface area contributed by atoms with Gasteiger partial charge in [-0.15, -0.1) is 0 Å². The Balaban J connectivity index is 1.69. The van der Waals surface area contributed by atoms with Gasteiger partial charge in [0.1, 0.15) is 5.82 Å². The molecule has 0 radical (unpaired) electrons. The van der Waals surface area contributed by atoms with E-state index >= 15 is 0 Å². The minimum absolute atomic E-state index is 0.0358. The summed E-state index contributed by atoms with van der Waals surface area (Å²) in [5, 5.41) is 2.85. The van der Waals surface area contributed by atoms with Gasteiger partial charge in [0.2, 0.25) is 5.91 Å². The fourth-order valence-electron chi connectivity index (χ4n) is 2.77. The molecule has 0 fully saturated rings. The number of rotatable bonds is 5. The van der Waals surface area contributed by atoms with E-state index in [1.165, 1.54) is 11.3 Å². The lowest BCUT2D eigenvalue weighted by atomic mass is 10.2. The van der Waals surface area contributed by atoms with Crippen molar-refractivity contribution in [3.8, 4) is 0 Å². The number of nitrogens with one attached hydrogen (secondary N) is 1. The van der Waals surface area contributed by atoms with Crippen LogP contribution in [0.3, 0.4) is 0 Å². The van der Waals surface area contributed by atoms with Crippen molar-refractivity contribution in [3.05, 3.63) is 48.2 Å². The monoisotopic (exact) mass is 295 g/mol. The lowest BCUT2D eigenvalue weighted by Crippen LogP contribution is -2.15. The quantitative estimate of drug-likeness (QED) is 0.909. The smallest absolute Gasteiger partial charge is 0.225 e. The number of benzene rings is 1. The maximum Gasteiger partial charge on any atom is 0.225 e. The van der Waals surface area contributed by atoms with Crippen LogP contribution in [0.1, 0.15) is 31.7 Å². The Morgan fingerprint density at radius 2 is 2.14 bits per heavy atom. The minimum Gasteiger partial charge on any atom is -0.340 e. The maximum atomic E-state index is 11.7. The first kappa shape index (κ1) is 14.6. The van der Waals surface area contributed by atoms with Gasteiger partial charge in [0.15, 0.2) is 0 Å². The highest BCUT2D eigenvalue weighted by Crippen LogP contribution is 2.33. The molecule has 0 unspecified atom stereocenters. The van der Waals surface area contributed by atoms with E-state index in [2.05, 4.69) is 46.4 Å². The molecule has 0 spiro atoms. The molecule has 1 aromatic heterocycles. The summed E-state index contributed by atoms with van der Waals surface area (Å²) in [5.41, 5.74) is 3.69. The summed E-state index contributed by atoms with van der Waals surface area (Å²) in [6, 6.07) is 12.3. The Hall–Kier alpha value is -2.36. The number of carbonyl (C=O) groups is 1. The van der Waals surface area contributed by atoms with Gasteiger partial charge in [-0.05, 0) is 36.6 Å². The van der Waals surface area contributed by atoms with Gasteiger partial charge in [0.05, 0.1) is 11.9 Å². The fourth-order valence-corrected chi connectivity index (χ4v) is 2.77. The molecule has 1 N–H and O–H groups in total. The van der Waals surface area contributed by atoms with Gasteiger partial charge in [0.25, 0.3) is 0 Å². The predicted molar refractivity (Wildman–Crippen MR) is 89.5 cm³/mol. The Morgan fingerprint density at radius 1 is 1.27 bits per heavy atom. The van der Waals surface area contributed by atoms with Crippen molar-refractivity contribution < 1.29 is 4.79 Å².